The Hall–Kier alpha value is -2.02. The van der Waals surface area contributed by atoms with Crippen molar-refractivity contribution in [2.24, 2.45) is 0 Å². The molecule has 19 heavy (non-hydrogen) atoms. The average molecular weight is 287 g/mol. The largest absolute Gasteiger partial charge is 0.477 e. The van der Waals surface area contributed by atoms with Crippen LogP contribution in [0.1, 0.15) is 15.2 Å². The molecule has 0 unspecified atom stereocenters. The van der Waals surface area contributed by atoms with Crippen molar-refractivity contribution in [3.8, 4) is 0 Å². The van der Waals surface area contributed by atoms with Gasteiger partial charge in [0.2, 0.25) is 0 Å². The van der Waals surface area contributed by atoms with Crippen molar-refractivity contribution < 1.29 is 23.1 Å². The first kappa shape index (κ1) is 13.4. The topological polar surface area (TPSA) is 49.3 Å². The summed E-state index contributed by atoms with van der Waals surface area (Å²) in [5, 5.41) is 13.3. The summed E-state index contributed by atoms with van der Waals surface area (Å²) < 4.78 is 37.1. The lowest BCUT2D eigenvalue weighted by Gasteiger charge is -2.09. The van der Waals surface area contributed by atoms with E-state index in [1.54, 1.807) is 11.4 Å². The molecule has 0 radical (unpaired) electrons. The van der Waals surface area contributed by atoms with Crippen molar-refractivity contribution >= 4 is 28.7 Å². The molecule has 0 aliphatic carbocycles. The Bertz CT molecular complexity index is 590. The fraction of sp³-hybridized carbons (Fsp3) is 0.0833. The highest BCUT2D eigenvalue weighted by Crippen LogP contribution is 2.31. The number of aromatic carboxylic acids is 1. The summed E-state index contributed by atoms with van der Waals surface area (Å²) in [6, 6.07) is 5.95. The van der Waals surface area contributed by atoms with E-state index in [0.717, 1.165) is 23.5 Å². The fourth-order valence-electron chi connectivity index (χ4n) is 1.47. The Morgan fingerprint density at radius 2 is 1.79 bits per heavy atom. The summed E-state index contributed by atoms with van der Waals surface area (Å²) in [4.78, 5) is 11.0. The van der Waals surface area contributed by atoms with Gasteiger partial charge in [0.15, 0.2) is 0 Å². The minimum atomic E-state index is -4.38. The van der Waals surface area contributed by atoms with Crippen LogP contribution >= 0.6 is 11.3 Å². The van der Waals surface area contributed by atoms with Gasteiger partial charge in [-0.3, -0.25) is 0 Å². The molecule has 1 aromatic carbocycles. The van der Waals surface area contributed by atoms with Crippen LogP contribution in [0.25, 0.3) is 0 Å². The number of carboxylic acids is 1. The molecule has 1 aromatic heterocycles. The predicted octanol–water partition coefficient (Wildman–Crippen LogP) is 4.21. The van der Waals surface area contributed by atoms with Crippen molar-refractivity contribution in [2.45, 2.75) is 6.18 Å². The minimum absolute atomic E-state index is 0.111. The van der Waals surface area contributed by atoms with Crippen molar-refractivity contribution in [1.29, 1.82) is 0 Å². The van der Waals surface area contributed by atoms with E-state index in [1.165, 1.54) is 12.1 Å². The van der Waals surface area contributed by atoms with E-state index in [1.807, 2.05) is 0 Å². The third-order valence-electron chi connectivity index (χ3n) is 2.35. The molecule has 2 aromatic rings. The quantitative estimate of drug-likeness (QED) is 0.889. The lowest BCUT2D eigenvalue weighted by Crippen LogP contribution is -2.04. The summed E-state index contributed by atoms with van der Waals surface area (Å²) >= 11 is 1.04. The molecular formula is C12H8F3NO2S. The smallest absolute Gasteiger partial charge is 0.416 e. The van der Waals surface area contributed by atoms with Gasteiger partial charge in [-0.15, -0.1) is 11.3 Å². The van der Waals surface area contributed by atoms with Crippen LogP contribution in [0.5, 0.6) is 0 Å². The van der Waals surface area contributed by atoms with Crippen LogP contribution in [0.2, 0.25) is 0 Å². The van der Waals surface area contributed by atoms with Crippen LogP contribution in [-0.2, 0) is 6.18 Å². The summed E-state index contributed by atoms with van der Waals surface area (Å²) in [6.07, 6.45) is -4.38. The summed E-state index contributed by atoms with van der Waals surface area (Å²) in [5.41, 5.74) is 0.00739. The average Bonchev–Trinajstić information content (AvgIpc) is 2.77. The summed E-state index contributed by atoms with van der Waals surface area (Å²) in [5.74, 6) is -1.08. The normalized spacial score (nSPS) is 11.3. The molecule has 1 heterocycles. The fourth-order valence-corrected chi connectivity index (χ4v) is 2.16. The summed E-state index contributed by atoms with van der Waals surface area (Å²) in [6.45, 7) is 0. The number of carbonyl (C=O) groups is 1. The molecule has 3 nitrogen and oxygen atoms in total. The van der Waals surface area contributed by atoms with Crippen molar-refractivity contribution in [2.75, 3.05) is 5.32 Å². The Morgan fingerprint density at radius 3 is 2.32 bits per heavy atom. The predicted molar refractivity (Wildman–Crippen MR) is 66.0 cm³/mol. The van der Waals surface area contributed by atoms with Gasteiger partial charge in [0.25, 0.3) is 0 Å². The lowest BCUT2D eigenvalue weighted by molar-refractivity contribution is -0.137. The first-order valence-corrected chi connectivity index (χ1v) is 6.01. The van der Waals surface area contributed by atoms with Crippen molar-refractivity contribution in [1.82, 2.24) is 0 Å². The molecule has 0 bridgehead atoms. The van der Waals surface area contributed by atoms with Gasteiger partial charge in [-0.2, -0.15) is 13.2 Å². The first-order chi connectivity index (χ1) is 8.88. The van der Waals surface area contributed by atoms with E-state index >= 15 is 0 Å². The maximum atomic E-state index is 12.4. The highest BCUT2D eigenvalue weighted by atomic mass is 32.1. The number of hydrogen-bond donors (Lipinski definition) is 2. The Balaban J connectivity index is 2.20. The molecule has 0 saturated heterocycles. The van der Waals surface area contributed by atoms with Crippen molar-refractivity contribution in [3.63, 3.8) is 0 Å². The molecule has 0 aliphatic rings. The van der Waals surface area contributed by atoms with E-state index in [0.29, 0.717) is 11.4 Å². The number of anilines is 2. The van der Waals surface area contributed by atoms with Crippen LogP contribution in [0.3, 0.4) is 0 Å². The standard InChI is InChI=1S/C12H8F3NO2S/c13-12(14,15)7-1-3-8(4-2-7)16-9-5-6-19-10(9)11(17)18/h1-6,16H,(H,17,18). The number of benzene rings is 1. The van der Waals surface area contributed by atoms with Crippen LogP contribution in [-0.4, -0.2) is 11.1 Å². The van der Waals surface area contributed by atoms with Crippen LogP contribution in [0.4, 0.5) is 24.5 Å². The zero-order chi connectivity index (χ0) is 14.0. The molecule has 100 valence electrons. The van der Waals surface area contributed by atoms with Crippen LogP contribution < -0.4 is 5.32 Å². The van der Waals surface area contributed by atoms with Crippen LogP contribution in [0.15, 0.2) is 35.7 Å². The molecule has 0 saturated carbocycles. The molecular weight excluding hydrogens is 279 g/mol. The molecule has 0 atom stereocenters. The van der Waals surface area contributed by atoms with Gasteiger partial charge in [0, 0.05) is 5.69 Å². The Kier molecular flexibility index (Phi) is 3.48. The maximum Gasteiger partial charge on any atom is 0.416 e. The molecule has 2 N–H and O–H groups in total. The number of nitrogens with one attached hydrogen (secondary N) is 1. The van der Waals surface area contributed by atoms with Gasteiger partial charge in [0.1, 0.15) is 4.88 Å². The minimum Gasteiger partial charge on any atom is -0.477 e. The van der Waals surface area contributed by atoms with Gasteiger partial charge in [-0.1, -0.05) is 0 Å². The first-order valence-electron chi connectivity index (χ1n) is 5.13. The zero-order valence-electron chi connectivity index (χ0n) is 9.36. The Morgan fingerprint density at radius 1 is 1.16 bits per heavy atom. The molecule has 0 spiro atoms. The highest BCUT2D eigenvalue weighted by molar-refractivity contribution is 7.12. The third-order valence-corrected chi connectivity index (χ3v) is 3.25. The SMILES string of the molecule is O=C(O)c1sccc1Nc1ccc(C(F)(F)F)cc1. The van der Waals surface area contributed by atoms with Gasteiger partial charge in [0.05, 0.1) is 11.3 Å². The van der Waals surface area contributed by atoms with Gasteiger partial charge in [-0.25, -0.2) is 4.79 Å². The number of thiophene rings is 1. The van der Waals surface area contributed by atoms with Crippen LogP contribution in [0, 0.1) is 0 Å². The molecule has 7 heteroatoms. The lowest BCUT2D eigenvalue weighted by atomic mass is 10.2. The number of alkyl halides is 3. The number of rotatable bonds is 3. The molecule has 0 fully saturated rings. The summed E-state index contributed by atoms with van der Waals surface area (Å²) in [7, 11) is 0. The molecule has 0 aliphatic heterocycles. The third kappa shape index (κ3) is 3.05. The molecule has 0 amide bonds. The van der Waals surface area contributed by atoms with E-state index in [4.69, 9.17) is 5.11 Å². The number of carboxylic acid groups (broad SMARTS) is 1. The maximum absolute atomic E-state index is 12.4. The van der Waals surface area contributed by atoms with Gasteiger partial charge >= 0.3 is 12.1 Å². The highest BCUT2D eigenvalue weighted by Gasteiger charge is 2.29. The van der Waals surface area contributed by atoms with Crippen molar-refractivity contribution in [3.05, 3.63) is 46.2 Å². The number of hydrogen-bond acceptors (Lipinski definition) is 3. The number of halogens is 3. The van der Waals surface area contributed by atoms with E-state index in [-0.39, 0.29) is 4.88 Å². The second-order valence-corrected chi connectivity index (χ2v) is 4.58. The monoisotopic (exact) mass is 287 g/mol. The second-order valence-electron chi connectivity index (χ2n) is 3.67. The van der Waals surface area contributed by atoms with E-state index in [9.17, 15) is 18.0 Å². The van der Waals surface area contributed by atoms with E-state index < -0.39 is 17.7 Å². The zero-order valence-corrected chi connectivity index (χ0v) is 10.2. The van der Waals surface area contributed by atoms with E-state index in [2.05, 4.69) is 5.32 Å². The second kappa shape index (κ2) is 4.93. The van der Waals surface area contributed by atoms with Gasteiger partial charge < -0.3 is 10.4 Å². The Labute approximate surface area is 110 Å². The molecule has 2 rings (SSSR count). The van der Waals surface area contributed by atoms with Gasteiger partial charge in [-0.05, 0) is 35.7 Å².